The number of carbonyl (C=O) groups is 4. The number of carboxylic acids is 2. The molecule has 1 aliphatic rings. The SMILES string of the molecule is C=C(C)C(=O)O.C=C(C)C(=O)OC.C=C(C)C(=O)OCC1CO1.C=C(CCO)C(=O)O. The van der Waals surface area contributed by atoms with Crippen LogP contribution in [0.15, 0.2) is 48.6 Å². The highest BCUT2D eigenvalue weighted by molar-refractivity contribution is 5.87. The second-order valence-corrected chi connectivity index (χ2v) is 6.07. The normalized spacial score (nSPS) is 12.5. The Bertz CT molecular complexity index is 660. The van der Waals surface area contributed by atoms with Gasteiger partial charge in [0, 0.05) is 35.3 Å². The van der Waals surface area contributed by atoms with Gasteiger partial charge in [-0.25, -0.2) is 19.2 Å². The van der Waals surface area contributed by atoms with Gasteiger partial charge in [0.1, 0.15) is 12.7 Å². The Kier molecular flexibility index (Phi) is 19.6. The number of aliphatic hydroxyl groups is 1. The molecule has 1 rings (SSSR count). The minimum atomic E-state index is -1.04. The Balaban J connectivity index is -0.000000345. The fraction of sp³-hybridized carbons (Fsp3) is 0.429. The van der Waals surface area contributed by atoms with E-state index in [4.69, 9.17) is 24.8 Å². The van der Waals surface area contributed by atoms with E-state index in [1.54, 1.807) is 13.8 Å². The van der Waals surface area contributed by atoms with Crippen LogP contribution in [0.4, 0.5) is 0 Å². The summed E-state index contributed by atoms with van der Waals surface area (Å²) in [5, 5.41) is 24.2. The summed E-state index contributed by atoms with van der Waals surface area (Å²) < 4.78 is 13.9. The number of ether oxygens (including phenoxy) is 3. The lowest BCUT2D eigenvalue weighted by Gasteiger charge is -1.99. The number of hydrogen-bond donors (Lipinski definition) is 3. The fourth-order valence-corrected chi connectivity index (χ4v) is 0.872. The monoisotopic (exact) mass is 444 g/mol. The summed E-state index contributed by atoms with van der Waals surface area (Å²) in [5.74, 6) is -2.66. The molecule has 0 aliphatic carbocycles. The predicted molar refractivity (Wildman–Crippen MR) is 113 cm³/mol. The molecule has 176 valence electrons. The molecule has 0 aromatic rings. The van der Waals surface area contributed by atoms with Gasteiger partial charge in [0.15, 0.2) is 0 Å². The quantitative estimate of drug-likeness (QED) is 0.286. The summed E-state index contributed by atoms with van der Waals surface area (Å²) in [6.45, 7) is 18.7. The van der Waals surface area contributed by atoms with Crippen molar-refractivity contribution in [2.24, 2.45) is 0 Å². The standard InChI is InChI=1S/C7H10O3.C5H8O3.C5H8O2.C4H6O2/c1-5(2)7(8)10-4-6-3-9-6;1-4(2-3-6)5(7)8;1-4(2)5(6)7-3;1-3(2)4(5)6/h6H,1,3-4H2,2H3;6H,1-3H2,(H,7,8);1H2,2-3H3;1H2,2H3,(H,5,6). The highest BCUT2D eigenvalue weighted by Crippen LogP contribution is 2.09. The first kappa shape index (κ1) is 32.4. The van der Waals surface area contributed by atoms with Crippen LogP contribution in [0.1, 0.15) is 27.2 Å². The van der Waals surface area contributed by atoms with Gasteiger partial charge >= 0.3 is 23.9 Å². The third-order valence-corrected chi connectivity index (χ3v) is 2.77. The van der Waals surface area contributed by atoms with Crippen molar-refractivity contribution >= 4 is 23.9 Å². The van der Waals surface area contributed by atoms with Crippen LogP contribution in [0.3, 0.4) is 0 Å². The molecule has 31 heavy (non-hydrogen) atoms. The molecule has 10 nitrogen and oxygen atoms in total. The zero-order valence-corrected chi connectivity index (χ0v) is 18.4. The maximum Gasteiger partial charge on any atom is 0.333 e. The van der Waals surface area contributed by atoms with Gasteiger partial charge in [-0.2, -0.15) is 0 Å². The molecular weight excluding hydrogens is 412 g/mol. The Labute approximate surface area is 182 Å². The minimum absolute atomic E-state index is 0.0486. The van der Waals surface area contributed by atoms with Crippen LogP contribution in [-0.4, -0.2) is 72.2 Å². The fourth-order valence-electron chi connectivity index (χ4n) is 0.872. The molecule has 0 radical (unpaired) electrons. The third-order valence-electron chi connectivity index (χ3n) is 2.77. The number of esters is 2. The molecule has 0 saturated carbocycles. The third kappa shape index (κ3) is 24.7. The van der Waals surface area contributed by atoms with Gasteiger partial charge in [-0.15, -0.1) is 0 Å². The molecule has 0 bridgehead atoms. The van der Waals surface area contributed by atoms with Crippen molar-refractivity contribution in [3.05, 3.63) is 48.6 Å². The highest BCUT2D eigenvalue weighted by Gasteiger charge is 2.24. The van der Waals surface area contributed by atoms with Crippen LogP contribution in [0, 0.1) is 0 Å². The number of hydrogen-bond acceptors (Lipinski definition) is 8. The van der Waals surface area contributed by atoms with E-state index < -0.39 is 11.9 Å². The first-order valence-corrected chi connectivity index (χ1v) is 8.79. The maximum absolute atomic E-state index is 10.7. The van der Waals surface area contributed by atoms with Gasteiger partial charge in [-0.1, -0.05) is 26.3 Å². The lowest BCUT2D eigenvalue weighted by molar-refractivity contribution is -0.139. The van der Waals surface area contributed by atoms with Crippen LogP contribution in [0.2, 0.25) is 0 Å². The second kappa shape index (κ2) is 18.8. The lowest BCUT2D eigenvalue weighted by Crippen LogP contribution is -2.09. The van der Waals surface area contributed by atoms with E-state index in [0.29, 0.717) is 24.4 Å². The van der Waals surface area contributed by atoms with Crippen molar-refractivity contribution in [2.75, 3.05) is 26.9 Å². The van der Waals surface area contributed by atoms with Gasteiger partial charge in [0.25, 0.3) is 0 Å². The number of aliphatic hydroxyl groups excluding tert-OH is 1. The summed E-state index contributed by atoms with van der Waals surface area (Å²) >= 11 is 0. The Hall–Kier alpha value is -3.24. The number of carboxylic acid groups (broad SMARTS) is 2. The predicted octanol–water partition coefficient (Wildman–Crippen LogP) is 1.90. The number of epoxide rings is 1. The summed E-state index contributed by atoms with van der Waals surface area (Å²) in [7, 11) is 1.33. The summed E-state index contributed by atoms with van der Waals surface area (Å²) in [6, 6.07) is 0. The van der Waals surface area contributed by atoms with Crippen molar-refractivity contribution in [1.29, 1.82) is 0 Å². The van der Waals surface area contributed by atoms with E-state index in [0.717, 1.165) is 0 Å². The Morgan fingerprint density at radius 1 is 0.903 bits per heavy atom. The summed E-state index contributed by atoms with van der Waals surface area (Å²) in [4.78, 5) is 40.4. The van der Waals surface area contributed by atoms with Crippen molar-refractivity contribution in [1.82, 2.24) is 0 Å². The lowest BCUT2D eigenvalue weighted by atomic mass is 10.2. The average Bonchev–Trinajstić information content (AvgIpc) is 3.51. The van der Waals surface area contributed by atoms with E-state index in [2.05, 4.69) is 31.1 Å². The molecule has 1 aliphatic heterocycles. The average molecular weight is 444 g/mol. The first-order valence-electron chi connectivity index (χ1n) is 8.79. The van der Waals surface area contributed by atoms with Crippen molar-refractivity contribution in [3.63, 3.8) is 0 Å². The smallest absolute Gasteiger partial charge is 0.333 e. The van der Waals surface area contributed by atoms with Gasteiger partial charge in [0.2, 0.25) is 0 Å². The van der Waals surface area contributed by atoms with Crippen molar-refractivity contribution in [2.45, 2.75) is 33.3 Å². The molecule has 0 spiro atoms. The molecule has 1 saturated heterocycles. The van der Waals surface area contributed by atoms with Crippen LogP contribution in [-0.2, 0) is 33.4 Å². The second-order valence-electron chi connectivity index (χ2n) is 6.07. The maximum atomic E-state index is 10.7. The Morgan fingerprint density at radius 2 is 1.32 bits per heavy atom. The minimum Gasteiger partial charge on any atom is -0.478 e. The van der Waals surface area contributed by atoms with E-state index in [1.807, 2.05) is 0 Å². The molecule has 0 aromatic carbocycles. The summed E-state index contributed by atoms with van der Waals surface area (Å²) in [5.41, 5.74) is 1.09. The zero-order valence-electron chi connectivity index (χ0n) is 18.4. The van der Waals surface area contributed by atoms with Crippen LogP contribution in [0.25, 0.3) is 0 Å². The molecule has 1 unspecified atom stereocenters. The largest absolute Gasteiger partial charge is 0.478 e. The van der Waals surface area contributed by atoms with E-state index in [-0.39, 0.29) is 42.2 Å². The molecule has 0 amide bonds. The van der Waals surface area contributed by atoms with E-state index in [1.165, 1.54) is 14.0 Å². The van der Waals surface area contributed by atoms with Crippen LogP contribution >= 0.6 is 0 Å². The van der Waals surface area contributed by atoms with Gasteiger partial charge < -0.3 is 29.5 Å². The van der Waals surface area contributed by atoms with E-state index >= 15 is 0 Å². The molecular formula is C21H32O10. The summed E-state index contributed by atoms with van der Waals surface area (Å²) in [6.07, 6.45) is 0.290. The molecule has 3 N–H and O–H groups in total. The van der Waals surface area contributed by atoms with Gasteiger partial charge in [-0.3, -0.25) is 0 Å². The number of aliphatic carboxylic acids is 2. The molecule has 10 heteroatoms. The number of rotatable bonds is 8. The van der Waals surface area contributed by atoms with Crippen molar-refractivity contribution < 1.29 is 48.7 Å². The first-order chi connectivity index (χ1) is 14.2. The highest BCUT2D eigenvalue weighted by atomic mass is 16.6. The van der Waals surface area contributed by atoms with Gasteiger partial charge in [0.05, 0.1) is 13.7 Å². The molecule has 1 fully saturated rings. The molecule has 1 atom stereocenters. The Morgan fingerprint density at radius 3 is 1.48 bits per heavy atom. The number of methoxy groups -OCH3 is 1. The molecule has 0 aromatic heterocycles. The van der Waals surface area contributed by atoms with Crippen LogP contribution < -0.4 is 0 Å². The molecule has 1 heterocycles. The van der Waals surface area contributed by atoms with E-state index in [9.17, 15) is 19.2 Å². The zero-order chi connectivity index (χ0) is 25.1. The topological polar surface area (TPSA) is 160 Å². The number of carbonyl (C=O) groups excluding carboxylic acids is 2. The van der Waals surface area contributed by atoms with Crippen molar-refractivity contribution in [3.8, 4) is 0 Å². The van der Waals surface area contributed by atoms with Gasteiger partial charge in [-0.05, 0) is 20.8 Å². The van der Waals surface area contributed by atoms with Crippen LogP contribution in [0.5, 0.6) is 0 Å².